The van der Waals surface area contributed by atoms with E-state index in [9.17, 15) is 18.0 Å². The van der Waals surface area contributed by atoms with Crippen LogP contribution < -0.4 is 0 Å². The Hall–Kier alpha value is -1.24. The number of H-pyrrole nitrogens is 1. The molecule has 1 aromatic heterocycles. The van der Waals surface area contributed by atoms with Crippen molar-refractivity contribution in [1.82, 2.24) is 9.97 Å². The van der Waals surface area contributed by atoms with E-state index in [1.165, 1.54) is 0 Å². The fourth-order valence-electron chi connectivity index (χ4n) is 1.73. The number of alkyl halides is 3. The summed E-state index contributed by atoms with van der Waals surface area (Å²) in [5, 5.41) is 0. The van der Waals surface area contributed by atoms with Crippen LogP contribution in [0.15, 0.2) is 0 Å². The molecule has 0 bridgehead atoms. The lowest BCUT2D eigenvalue weighted by atomic mass is 9.93. The smallest absolute Gasteiger partial charge is 0.334 e. The molecule has 1 heterocycles. The van der Waals surface area contributed by atoms with Gasteiger partial charge in [-0.15, -0.1) is 0 Å². The molecule has 3 nitrogen and oxygen atoms in total. The minimum Gasteiger partial charge on any atom is -0.334 e. The van der Waals surface area contributed by atoms with Crippen molar-refractivity contribution in [1.29, 1.82) is 0 Å². The molecule has 0 fully saturated rings. The third-order valence-electron chi connectivity index (χ3n) is 2.42. The highest BCUT2D eigenvalue weighted by Gasteiger charge is 2.38. The molecule has 16 heavy (non-hydrogen) atoms. The normalized spacial score (nSPS) is 16.1. The molecular weight excluding hydrogens is 241 g/mol. The Kier molecular flexibility index (Phi) is 2.57. The third kappa shape index (κ3) is 1.99. The van der Waals surface area contributed by atoms with Crippen LogP contribution in [-0.4, -0.2) is 15.8 Å². The number of carbonyl (C=O) groups is 1. The molecule has 2 rings (SSSR count). The van der Waals surface area contributed by atoms with Gasteiger partial charge in [-0.25, -0.2) is 4.98 Å². The quantitative estimate of drug-likeness (QED) is 0.716. The summed E-state index contributed by atoms with van der Waals surface area (Å²) in [5.41, 5.74) is -0.705. The van der Waals surface area contributed by atoms with E-state index in [0.717, 1.165) is 0 Å². The fraction of sp³-hybridized carbons (Fsp3) is 0.444. The molecule has 0 radical (unpaired) electrons. The van der Waals surface area contributed by atoms with Gasteiger partial charge in [0.15, 0.2) is 10.5 Å². The summed E-state index contributed by atoms with van der Waals surface area (Å²) in [5.74, 6) is -0.203. The van der Waals surface area contributed by atoms with Gasteiger partial charge in [-0.2, -0.15) is 13.2 Å². The van der Waals surface area contributed by atoms with Crippen LogP contribution in [0.3, 0.4) is 0 Å². The number of ketones is 1. The first-order chi connectivity index (χ1) is 7.38. The number of carbonyl (C=O) groups excluding carboxylic acids is 1. The maximum Gasteiger partial charge on any atom is 0.433 e. The van der Waals surface area contributed by atoms with Crippen molar-refractivity contribution >= 4 is 18.0 Å². The van der Waals surface area contributed by atoms with Crippen molar-refractivity contribution in [3.05, 3.63) is 21.7 Å². The number of fused-ring (bicyclic) bond motifs is 1. The lowest BCUT2D eigenvalue weighted by molar-refractivity contribution is -0.142. The molecular formula is C9H7F3N2OS. The summed E-state index contributed by atoms with van der Waals surface area (Å²) in [4.78, 5) is 17.0. The van der Waals surface area contributed by atoms with Gasteiger partial charge in [-0.1, -0.05) is 0 Å². The van der Waals surface area contributed by atoms with Crippen LogP contribution in [-0.2, 0) is 23.8 Å². The van der Waals surface area contributed by atoms with Gasteiger partial charge in [0.05, 0.1) is 0 Å². The average molecular weight is 248 g/mol. The molecule has 0 atom stereocenters. The van der Waals surface area contributed by atoms with Gasteiger partial charge in [0.2, 0.25) is 0 Å². The van der Waals surface area contributed by atoms with E-state index in [4.69, 9.17) is 0 Å². The topological polar surface area (TPSA) is 45.8 Å². The third-order valence-corrected chi connectivity index (χ3v) is 2.61. The van der Waals surface area contributed by atoms with Gasteiger partial charge < -0.3 is 4.98 Å². The first-order valence-corrected chi connectivity index (χ1v) is 4.99. The highest BCUT2D eigenvalue weighted by molar-refractivity contribution is 7.71. The van der Waals surface area contributed by atoms with E-state index in [1.807, 2.05) is 0 Å². The number of aromatic amines is 1. The second-order valence-electron chi connectivity index (χ2n) is 3.56. The lowest BCUT2D eigenvalue weighted by Crippen LogP contribution is -2.22. The summed E-state index contributed by atoms with van der Waals surface area (Å²) >= 11 is 4.63. The fourth-order valence-corrected chi connectivity index (χ4v) is 1.95. The molecule has 1 N–H and O–H groups in total. The molecule has 0 saturated heterocycles. The maximum absolute atomic E-state index is 12.6. The largest absolute Gasteiger partial charge is 0.433 e. The molecule has 0 spiro atoms. The van der Waals surface area contributed by atoms with E-state index < -0.39 is 11.9 Å². The molecule has 0 aromatic carbocycles. The summed E-state index contributed by atoms with van der Waals surface area (Å²) in [7, 11) is 0. The first-order valence-electron chi connectivity index (χ1n) is 4.59. The number of rotatable bonds is 0. The van der Waals surface area contributed by atoms with Crippen molar-refractivity contribution in [2.45, 2.75) is 25.4 Å². The molecule has 0 saturated carbocycles. The zero-order valence-electron chi connectivity index (χ0n) is 8.02. The number of hydrogen-bond donors (Lipinski definition) is 1. The van der Waals surface area contributed by atoms with Crippen LogP contribution >= 0.6 is 12.2 Å². The minimum absolute atomic E-state index is 0.0580. The summed E-state index contributed by atoms with van der Waals surface area (Å²) < 4.78 is 37.8. The van der Waals surface area contributed by atoms with Gasteiger partial charge in [0.25, 0.3) is 0 Å². The van der Waals surface area contributed by atoms with Crippen LogP contribution in [0.4, 0.5) is 13.2 Å². The van der Waals surface area contributed by atoms with Crippen molar-refractivity contribution < 1.29 is 18.0 Å². The number of halogens is 3. The number of aromatic nitrogens is 2. The predicted octanol–water partition coefficient (Wildman–Crippen LogP) is 2.22. The zero-order chi connectivity index (χ0) is 11.9. The van der Waals surface area contributed by atoms with E-state index in [1.54, 1.807) is 0 Å². The number of nitrogens with one attached hydrogen (secondary N) is 1. The Morgan fingerprint density at radius 1 is 1.31 bits per heavy atom. The maximum atomic E-state index is 12.6. The lowest BCUT2D eigenvalue weighted by Gasteiger charge is -2.18. The van der Waals surface area contributed by atoms with Crippen molar-refractivity contribution in [3.63, 3.8) is 0 Å². The van der Waals surface area contributed by atoms with Crippen LogP contribution in [0.25, 0.3) is 0 Å². The van der Waals surface area contributed by atoms with Crippen molar-refractivity contribution in [2.24, 2.45) is 0 Å². The predicted molar refractivity (Wildman–Crippen MR) is 51.5 cm³/mol. The van der Waals surface area contributed by atoms with E-state index >= 15 is 0 Å². The first kappa shape index (κ1) is 11.3. The van der Waals surface area contributed by atoms with E-state index in [2.05, 4.69) is 22.2 Å². The Morgan fingerprint density at radius 2 is 2.00 bits per heavy atom. The highest BCUT2D eigenvalue weighted by Crippen LogP contribution is 2.33. The second kappa shape index (κ2) is 3.65. The molecule has 0 aliphatic heterocycles. The Labute approximate surface area is 93.7 Å². The molecule has 1 aromatic rings. The van der Waals surface area contributed by atoms with Crippen molar-refractivity contribution in [2.75, 3.05) is 0 Å². The van der Waals surface area contributed by atoms with E-state index in [0.29, 0.717) is 5.69 Å². The second-order valence-corrected chi connectivity index (χ2v) is 3.95. The van der Waals surface area contributed by atoms with Gasteiger partial charge in [-0.05, 0) is 18.6 Å². The summed E-state index contributed by atoms with van der Waals surface area (Å²) in [6.07, 6.45) is -4.27. The number of hydrogen-bond acceptors (Lipinski definition) is 3. The van der Waals surface area contributed by atoms with Gasteiger partial charge >= 0.3 is 6.18 Å². The van der Waals surface area contributed by atoms with Crippen LogP contribution in [0.1, 0.15) is 23.4 Å². The molecule has 1 aliphatic carbocycles. The summed E-state index contributed by atoms with van der Waals surface area (Å²) in [6, 6.07) is 0. The highest BCUT2D eigenvalue weighted by atomic mass is 32.1. The minimum atomic E-state index is -4.57. The standard InChI is InChI=1S/C9H7F3N2OS/c10-9(11,12)7-5-3-4(15)1-2-6(5)13-8(16)14-7/h1-3H2,(H,13,14,16). The van der Waals surface area contributed by atoms with Crippen molar-refractivity contribution in [3.8, 4) is 0 Å². The Morgan fingerprint density at radius 3 is 2.62 bits per heavy atom. The van der Waals surface area contributed by atoms with Gasteiger partial charge in [0, 0.05) is 24.1 Å². The van der Waals surface area contributed by atoms with Crippen LogP contribution in [0.2, 0.25) is 0 Å². The Balaban J connectivity index is 2.65. The molecule has 7 heteroatoms. The molecule has 86 valence electrons. The van der Waals surface area contributed by atoms with Gasteiger partial charge in [0.1, 0.15) is 5.78 Å². The van der Waals surface area contributed by atoms with E-state index in [-0.39, 0.29) is 35.4 Å². The SMILES string of the molecule is O=C1CCc2[nH]c(=S)nc(C(F)(F)F)c2C1. The Bertz CT molecular complexity index is 506. The molecule has 0 amide bonds. The molecule has 1 aliphatic rings. The number of Topliss-reactive ketones (excluding diaryl/α,β-unsaturated/α-hetero) is 1. The average Bonchev–Trinajstić information content (AvgIpc) is 2.16. The van der Waals surface area contributed by atoms with Crippen LogP contribution in [0, 0.1) is 4.77 Å². The number of nitrogens with zero attached hydrogens (tertiary/aromatic N) is 1. The van der Waals surface area contributed by atoms with Gasteiger partial charge in [-0.3, -0.25) is 4.79 Å². The molecule has 0 unspecified atom stereocenters. The zero-order valence-corrected chi connectivity index (χ0v) is 8.84. The summed E-state index contributed by atoms with van der Waals surface area (Å²) in [6.45, 7) is 0. The monoisotopic (exact) mass is 248 g/mol. The number of aryl methyl sites for hydroxylation is 1. The van der Waals surface area contributed by atoms with Crippen LogP contribution in [0.5, 0.6) is 0 Å².